The van der Waals surface area contributed by atoms with Gasteiger partial charge in [0.1, 0.15) is 17.1 Å². The van der Waals surface area contributed by atoms with Crippen molar-refractivity contribution in [2.24, 2.45) is 0 Å². The number of nitrogens with zero attached hydrogens (tertiary/aromatic N) is 3. The van der Waals surface area contributed by atoms with Gasteiger partial charge < -0.3 is 14.4 Å². The van der Waals surface area contributed by atoms with Gasteiger partial charge in [0.2, 0.25) is 5.95 Å². The Hall–Kier alpha value is -2.56. The monoisotopic (exact) mass is 309 g/mol. The van der Waals surface area contributed by atoms with E-state index in [1.165, 1.54) is 0 Å². The average molecular weight is 309 g/mol. The quantitative estimate of drug-likeness (QED) is 0.872. The van der Waals surface area contributed by atoms with E-state index in [0.29, 0.717) is 6.61 Å². The minimum atomic E-state index is -0.308. The summed E-state index contributed by atoms with van der Waals surface area (Å²) in [5.74, 6) is 2.49. The minimum absolute atomic E-state index is 0.308. The van der Waals surface area contributed by atoms with Crippen LogP contribution in [0.15, 0.2) is 42.7 Å². The third-order valence-corrected chi connectivity index (χ3v) is 4.27. The van der Waals surface area contributed by atoms with Crippen LogP contribution in [0.4, 0.5) is 5.95 Å². The van der Waals surface area contributed by atoms with Crippen LogP contribution >= 0.6 is 0 Å². The summed E-state index contributed by atoms with van der Waals surface area (Å²) in [6.45, 7) is 4.27. The highest BCUT2D eigenvalue weighted by molar-refractivity contribution is 5.63. The number of anilines is 1. The molecule has 1 aromatic heterocycles. The molecule has 0 radical (unpaired) electrons. The van der Waals surface area contributed by atoms with Gasteiger partial charge in [0, 0.05) is 37.0 Å². The van der Waals surface area contributed by atoms with Crippen LogP contribution in [0.1, 0.15) is 18.9 Å². The van der Waals surface area contributed by atoms with E-state index in [0.717, 1.165) is 42.5 Å². The first-order valence-corrected chi connectivity index (χ1v) is 7.95. The molecule has 2 aromatic rings. The van der Waals surface area contributed by atoms with E-state index in [2.05, 4.69) is 27.0 Å². The molecule has 0 unspecified atom stereocenters. The minimum Gasteiger partial charge on any atom is -0.494 e. The maximum atomic E-state index is 6.36. The van der Waals surface area contributed by atoms with E-state index >= 15 is 0 Å². The van der Waals surface area contributed by atoms with E-state index in [1.54, 1.807) is 12.4 Å². The maximum absolute atomic E-state index is 6.36. The first-order chi connectivity index (χ1) is 11.3. The van der Waals surface area contributed by atoms with Crippen molar-refractivity contribution in [3.63, 3.8) is 0 Å². The number of hydrogen-bond acceptors (Lipinski definition) is 5. The van der Waals surface area contributed by atoms with Gasteiger partial charge in [-0.25, -0.2) is 9.97 Å². The van der Waals surface area contributed by atoms with E-state index < -0.39 is 0 Å². The summed E-state index contributed by atoms with van der Waals surface area (Å²) in [6, 6.07) is 7.83. The molecule has 1 aromatic carbocycles. The fourth-order valence-electron chi connectivity index (χ4n) is 3.14. The van der Waals surface area contributed by atoms with E-state index in [9.17, 15) is 0 Å². The van der Waals surface area contributed by atoms with Crippen molar-refractivity contribution in [1.82, 2.24) is 9.97 Å². The molecule has 4 rings (SSSR count). The molecule has 0 aliphatic carbocycles. The van der Waals surface area contributed by atoms with Gasteiger partial charge in [0.25, 0.3) is 0 Å². The number of fused-ring (bicyclic) bond motifs is 1. The Morgan fingerprint density at radius 1 is 1.30 bits per heavy atom. The van der Waals surface area contributed by atoms with Gasteiger partial charge in [-0.3, -0.25) is 0 Å². The summed E-state index contributed by atoms with van der Waals surface area (Å²) >= 11 is 0. The second-order valence-electron chi connectivity index (χ2n) is 5.85. The molecule has 118 valence electrons. The van der Waals surface area contributed by atoms with Crippen molar-refractivity contribution in [3.8, 4) is 11.5 Å². The largest absolute Gasteiger partial charge is 0.494 e. The van der Waals surface area contributed by atoms with Crippen molar-refractivity contribution >= 4 is 12.0 Å². The lowest BCUT2D eigenvalue weighted by molar-refractivity contribution is 0.140. The van der Waals surface area contributed by atoms with E-state index in [4.69, 9.17) is 9.47 Å². The van der Waals surface area contributed by atoms with Crippen molar-refractivity contribution in [3.05, 3.63) is 48.3 Å². The van der Waals surface area contributed by atoms with Gasteiger partial charge in [-0.1, -0.05) is 6.08 Å². The molecule has 2 aliphatic rings. The van der Waals surface area contributed by atoms with Gasteiger partial charge in [0.15, 0.2) is 0 Å². The van der Waals surface area contributed by atoms with Gasteiger partial charge in [-0.15, -0.1) is 0 Å². The summed E-state index contributed by atoms with van der Waals surface area (Å²) in [5.41, 5.74) is 0.783. The highest BCUT2D eigenvalue weighted by Gasteiger charge is 2.41. The molecule has 0 saturated carbocycles. The summed E-state index contributed by atoms with van der Waals surface area (Å²) in [5, 5.41) is 0. The topological polar surface area (TPSA) is 47.5 Å². The van der Waals surface area contributed by atoms with Crippen molar-refractivity contribution in [2.45, 2.75) is 18.9 Å². The lowest BCUT2D eigenvalue weighted by Gasteiger charge is -2.31. The van der Waals surface area contributed by atoms with Crippen LogP contribution in [-0.4, -0.2) is 35.3 Å². The standard InChI is InChI=1S/C18H19N3O2/c1-2-22-15-5-4-14-6-7-18(23-16(14)12-15)8-11-21(13-18)17-19-9-3-10-20-17/h3-7,9-10,12H,2,8,11,13H2,1H3/t18-/m0/s1. The van der Waals surface area contributed by atoms with Crippen LogP contribution in [0, 0.1) is 0 Å². The predicted molar refractivity (Wildman–Crippen MR) is 88.9 cm³/mol. The van der Waals surface area contributed by atoms with Crippen LogP contribution in [0.25, 0.3) is 6.08 Å². The van der Waals surface area contributed by atoms with E-state index in [1.807, 2.05) is 31.2 Å². The first kappa shape index (κ1) is 14.1. The number of benzene rings is 1. The molecule has 0 N–H and O–H groups in total. The maximum Gasteiger partial charge on any atom is 0.225 e. The molecule has 2 aliphatic heterocycles. The molecular formula is C18H19N3O2. The Kier molecular flexibility index (Phi) is 3.41. The Labute approximate surface area is 135 Å². The molecule has 23 heavy (non-hydrogen) atoms. The highest BCUT2D eigenvalue weighted by atomic mass is 16.5. The van der Waals surface area contributed by atoms with Crippen molar-refractivity contribution < 1.29 is 9.47 Å². The first-order valence-electron chi connectivity index (χ1n) is 7.95. The van der Waals surface area contributed by atoms with Gasteiger partial charge >= 0.3 is 0 Å². The Bertz CT molecular complexity index is 732. The molecule has 0 amide bonds. The van der Waals surface area contributed by atoms with E-state index in [-0.39, 0.29) is 5.60 Å². The van der Waals surface area contributed by atoms with Gasteiger partial charge in [0.05, 0.1) is 13.2 Å². The summed E-state index contributed by atoms with van der Waals surface area (Å²) in [7, 11) is 0. The molecule has 5 heteroatoms. The molecule has 1 atom stereocenters. The van der Waals surface area contributed by atoms with Gasteiger partial charge in [-0.05, 0) is 31.2 Å². The fourth-order valence-corrected chi connectivity index (χ4v) is 3.14. The number of ether oxygens (including phenoxy) is 2. The molecule has 5 nitrogen and oxygen atoms in total. The number of aromatic nitrogens is 2. The fraction of sp³-hybridized carbons (Fsp3) is 0.333. The average Bonchev–Trinajstić information content (AvgIpc) is 2.99. The smallest absolute Gasteiger partial charge is 0.225 e. The van der Waals surface area contributed by atoms with Crippen LogP contribution in [-0.2, 0) is 0 Å². The van der Waals surface area contributed by atoms with Crippen molar-refractivity contribution in [1.29, 1.82) is 0 Å². The van der Waals surface area contributed by atoms with Crippen LogP contribution in [0.3, 0.4) is 0 Å². The second kappa shape index (κ2) is 5.57. The lowest BCUT2D eigenvalue weighted by Crippen LogP contribution is -2.39. The zero-order chi connectivity index (χ0) is 15.7. The SMILES string of the molecule is CCOc1ccc2c(c1)O[C@@]1(C=C2)CCN(c2ncccn2)C1. The Morgan fingerprint density at radius 3 is 3.00 bits per heavy atom. The summed E-state index contributed by atoms with van der Waals surface area (Å²) in [4.78, 5) is 10.8. The zero-order valence-corrected chi connectivity index (χ0v) is 13.1. The van der Waals surface area contributed by atoms with Crippen LogP contribution < -0.4 is 14.4 Å². The third-order valence-electron chi connectivity index (χ3n) is 4.27. The molecular weight excluding hydrogens is 290 g/mol. The van der Waals surface area contributed by atoms with Crippen LogP contribution in [0.2, 0.25) is 0 Å². The molecule has 1 fully saturated rings. The zero-order valence-electron chi connectivity index (χ0n) is 13.1. The molecule has 0 bridgehead atoms. The third kappa shape index (κ3) is 2.63. The Morgan fingerprint density at radius 2 is 2.17 bits per heavy atom. The highest BCUT2D eigenvalue weighted by Crippen LogP contribution is 2.38. The second-order valence-corrected chi connectivity index (χ2v) is 5.85. The summed E-state index contributed by atoms with van der Waals surface area (Å²) in [6.07, 6.45) is 8.77. The molecule has 1 saturated heterocycles. The molecule has 3 heterocycles. The Balaban J connectivity index is 1.57. The predicted octanol–water partition coefficient (Wildman–Crippen LogP) is 2.93. The number of rotatable bonds is 3. The number of hydrogen-bond donors (Lipinski definition) is 0. The van der Waals surface area contributed by atoms with Crippen LogP contribution in [0.5, 0.6) is 11.5 Å². The van der Waals surface area contributed by atoms with Gasteiger partial charge in [-0.2, -0.15) is 0 Å². The van der Waals surface area contributed by atoms with Crippen molar-refractivity contribution in [2.75, 3.05) is 24.6 Å². The normalized spacial score (nSPS) is 22.0. The molecule has 1 spiro atoms. The summed E-state index contributed by atoms with van der Waals surface area (Å²) < 4.78 is 11.9. The lowest BCUT2D eigenvalue weighted by atomic mass is 9.97.